The van der Waals surface area contributed by atoms with Crippen molar-refractivity contribution >= 4 is 15.9 Å². The molecule has 0 saturated carbocycles. The van der Waals surface area contributed by atoms with Crippen molar-refractivity contribution in [2.45, 2.75) is 18.5 Å². The lowest BCUT2D eigenvalue weighted by atomic mass is 10.6. The summed E-state index contributed by atoms with van der Waals surface area (Å²) < 4.78 is 8.90. The third kappa shape index (κ3) is 3.51. The number of alkyl halides is 1. The predicted molar refractivity (Wildman–Crippen MR) is 40.5 cm³/mol. The molecule has 3 nitrogen and oxygen atoms in total. The standard InChI is InChI=1S/C6H12BrO3/c1-3-9-6(7,5-8)10-4-2/h3-5H2,1-2H3. The van der Waals surface area contributed by atoms with Gasteiger partial charge in [0.15, 0.2) is 0 Å². The molecule has 0 amide bonds. The van der Waals surface area contributed by atoms with E-state index in [-0.39, 0.29) is 0 Å². The average molecular weight is 212 g/mol. The molecule has 0 heterocycles. The van der Waals surface area contributed by atoms with Gasteiger partial charge in [0.2, 0.25) is 0 Å². The summed E-state index contributed by atoms with van der Waals surface area (Å²) in [6.45, 7) is 4.12. The van der Waals surface area contributed by atoms with Crippen molar-refractivity contribution < 1.29 is 14.6 Å². The SMILES string of the molecule is CCOC(Br)(C[O])OCC. The van der Waals surface area contributed by atoms with E-state index in [9.17, 15) is 5.11 Å². The van der Waals surface area contributed by atoms with Gasteiger partial charge in [0, 0.05) is 13.2 Å². The summed E-state index contributed by atoms with van der Waals surface area (Å²) in [6, 6.07) is 0. The minimum atomic E-state index is -1.10. The molecule has 0 saturated heterocycles. The monoisotopic (exact) mass is 211 g/mol. The van der Waals surface area contributed by atoms with Crippen LogP contribution in [0.3, 0.4) is 0 Å². The maximum atomic E-state index is 10.4. The third-order valence-electron chi connectivity index (χ3n) is 0.892. The van der Waals surface area contributed by atoms with E-state index in [4.69, 9.17) is 9.47 Å². The Morgan fingerprint density at radius 3 is 1.90 bits per heavy atom. The van der Waals surface area contributed by atoms with Crippen molar-refractivity contribution in [3.8, 4) is 0 Å². The van der Waals surface area contributed by atoms with Gasteiger partial charge in [-0.25, -0.2) is 5.11 Å². The second-order valence-corrected chi connectivity index (χ2v) is 2.88. The van der Waals surface area contributed by atoms with Crippen LogP contribution >= 0.6 is 15.9 Å². The molecular weight excluding hydrogens is 200 g/mol. The number of halogens is 1. The second-order valence-electron chi connectivity index (χ2n) is 1.67. The molecule has 0 N–H and O–H groups in total. The zero-order valence-electron chi connectivity index (χ0n) is 6.22. The lowest BCUT2D eigenvalue weighted by molar-refractivity contribution is -0.189. The van der Waals surface area contributed by atoms with Gasteiger partial charge in [-0.3, -0.25) is 0 Å². The first-order valence-corrected chi connectivity index (χ1v) is 4.02. The molecule has 0 aliphatic rings. The third-order valence-corrected chi connectivity index (χ3v) is 1.58. The molecule has 0 atom stereocenters. The van der Waals surface area contributed by atoms with Crippen LogP contribution in [0.4, 0.5) is 0 Å². The average Bonchev–Trinajstić information content (AvgIpc) is 1.89. The first-order chi connectivity index (χ1) is 4.68. The van der Waals surface area contributed by atoms with Crippen LogP contribution in [-0.4, -0.2) is 24.5 Å². The van der Waals surface area contributed by atoms with Gasteiger partial charge >= 0.3 is 0 Å². The fourth-order valence-electron chi connectivity index (χ4n) is 0.556. The van der Waals surface area contributed by atoms with E-state index in [1.165, 1.54) is 0 Å². The summed E-state index contributed by atoms with van der Waals surface area (Å²) >= 11 is 3.05. The fourth-order valence-corrected chi connectivity index (χ4v) is 1.01. The van der Waals surface area contributed by atoms with Crippen LogP contribution in [0.5, 0.6) is 0 Å². The van der Waals surface area contributed by atoms with E-state index in [1.807, 2.05) is 13.8 Å². The minimum Gasteiger partial charge on any atom is -0.339 e. The molecule has 0 fully saturated rings. The van der Waals surface area contributed by atoms with Crippen molar-refractivity contribution in [2.24, 2.45) is 0 Å². The Morgan fingerprint density at radius 2 is 1.70 bits per heavy atom. The highest BCUT2D eigenvalue weighted by Gasteiger charge is 2.26. The van der Waals surface area contributed by atoms with Gasteiger partial charge in [-0.05, 0) is 29.8 Å². The van der Waals surface area contributed by atoms with Crippen molar-refractivity contribution in [1.82, 2.24) is 0 Å². The van der Waals surface area contributed by atoms with Crippen LogP contribution < -0.4 is 0 Å². The molecule has 1 radical (unpaired) electrons. The lowest BCUT2D eigenvalue weighted by Gasteiger charge is -2.23. The van der Waals surface area contributed by atoms with E-state index in [0.29, 0.717) is 13.2 Å². The van der Waals surface area contributed by atoms with E-state index in [0.717, 1.165) is 0 Å². The molecule has 0 rings (SSSR count). The summed E-state index contributed by atoms with van der Waals surface area (Å²) in [7, 11) is 0. The van der Waals surface area contributed by atoms with Crippen LogP contribution in [0.1, 0.15) is 13.8 Å². The quantitative estimate of drug-likeness (QED) is 0.512. The number of hydrogen-bond acceptors (Lipinski definition) is 2. The summed E-state index contributed by atoms with van der Waals surface area (Å²) in [5.74, 6) is 0. The Labute approximate surface area is 69.5 Å². The normalized spacial score (nSPS) is 12.0. The first-order valence-electron chi connectivity index (χ1n) is 3.23. The topological polar surface area (TPSA) is 38.4 Å². The van der Waals surface area contributed by atoms with Crippen LogP contribution in [0, 0.1) is 0 Å². The van der Waals surface area contributed by atoms with E-state index in [1.54, 1.807) is 0 Å². The molecule has 0 unspecified atom stereocenters. The Bertz CT molecular complexity index is 81.1. The summed E-state index contributed by atoms with van der Waals surface area (Å²) in [6.07, 6.45) is 0. The van der Waals surface area contributed by atoms with Gasteiger partial charge in [-0.15, -0.1) is 0 Å². The van der Waals surface area contributed by atoms with Crippen LogP contribution in [-0.2, 0) is 14.6 Å². The smallest absolute Gasteiger partial charge is 0.254 e. The Balaban J connectivity index is 3.69. The van der Waals surface area contributed by atoms with Crippen LogP contribution in [0.15, 0.2) is 0 Å². The van der Waals surface area contributed by atoms with Gasteiger partial charge < -0.3 is 9.47 Å². The zero-order valence-corrected chi connectivity index (χ0v) is 7.81. The predicted octanol–water partition coefficient (Wildman–Crippen LogP) is 1.54. The van der Waals surface area contributed by atoms with Crippen molar-refractivity contribution in [1.29, 1.82) is 0 Å². The van der Waals surface area contributed by atoms with Crippen LogP contribution in [0.25, 0.3) is 0 Å². The number of rotatable bonds is 5. The maximum Gasteiger partial charge on any atom is 0.254 e. The van der Waals surface area contributed by atoms with Crippen molar-refractivity contribution in [2.75, 3.05) is 19.8 Å². The molecule has 0 bridgehead atoms. The molecule has 0 aromatic rings. The van der Waals surface area contributed by atoms with Crippen molar-refractivity contribution in [3.63, 3.8) is 0 Å². The summed E-state index contributed by atoms with van der Waals surface area (Å²) in [5.41, 5.74) is 0. The molecule has 61 valence electrons. The summed E-state index contributed by atoms with van der Waals surface area (Å²) in [4.78, 5) is 0. The van der Waals surface area contributed by atoms with Gasteiger partial charge in [0.25, 0.3) is 4.70 Å². The second kappa shape index (κ2) is 5.07. The molecule has 10 heavy (non-hydrogen) atoms. The highest BCUT2D eigenvalue weighted by atomic mass is 79.9. The zero-order chi connectivity index (χ0) is 8.04. The van der Waals surface area contributed by atoms with E-state index < -0.39 is 11.3 Å². The summed E-state index contributed by atoms with van der Waals surface area (Å²) in [5, 5.41) is 10.4. The number of ether oxygens (including phenoxy) is 2. The molecular formula is C6H12BrO3. The fraction of sp³-hybridized carbons (Fsp3) is 1.00. The largest absolute Gasteiger partial charge is 0.339 e. The Hall–Kier alpha value is 0.360. The Morgan fingerprint density at radius 1 is 1.30 bits per heavy atom. The lowest BCUT2D eigenvalue weighted by Crippen LogP contribution is -2.32. The van der Waals surface area contributed by atoms with E-state index >= 15 is 0 Å². The Kier molecular flexibility index (Phi) is 5.25. The van der Waals surface area contributed by atoms with Crippen molar-refractivity contribution in [3.05, 3.63) is 0 Å². The molecule has 0 aromatic heterocycles. The maximum absolute atomic E-state index is 10.4. The molecule has 0 aromatic carbocycles. The molecule has 0 aliphatic heterocycles. The van der Waals surface area contributed by atoms with Gasteiger partial charge in [0.1, 0.15) is 6.61 Å². The van der Waals surface area contributed by atoms with Gasteiger partial charge in [-0.2, -0.15) is 0 Å². The molecule has 4 heteroatoms. The minimum absolute atomic E-state index is 0.436. The first kappa shape index (κ1) is 10.4. The van der Waals surface area contributed by atoms with Gasteiger partial charge in [0.05, 0.1) is 0 Å². The highest BCUT2D eigenvalue weighted by molar-refractivity contribution is 9.10. The molecule has 0 spiro atoms. The molecule has 0 aliphatic carbocycles. The van der Waals surface area contributed by atoms with E-state index in [2.05, 4.69) is 15.9 Å². The highest BCUT2D eigenvalue weighted by Crippen LogP contribution is 2.20. The van der Waals surface area contributed by atoms with Gasteiger partial charge in [-0.1, -0.05) is 0 Å². The number of hydrogen-bond donors (Lipinski definition) is 0. The van der Waals surface area contributed by atoms with Crippen LogP contribution in [0.2, 0.25) is 0 Å².